The number of nitrogens with zero attached hydrogens (tertiary/aromatic N) is 2. The van der Waals surface area contributed by atoms with Crippen molar-refractivity contribution in [1.29, 1.82) is 5.26 Å². The first-order valence-corrected chi connectivity index (χ1v) is 8.03. The normalized spacial score (nSPS) is 25.0. The van der Waals surface area contributed by atoms with Gasteiger partial charge in [0.05, 0.1) is 18.1 Å². The van der Waals surface area contributed by atoms with Crippen molar-refractivity contribution in [3.05, 3.63) is 35.4 Å². The molecule has 3 heteroatoms. The van der Waals surface area contributed by atoms with Crippen LogP contribution in [0.15, 0.2) is 24.3 Å². The molecular formula is C18H22N2O. The summed E-state index contributed by atoms with van der Waals surface area (Å²) in [5.41, 5.74) is 1.65. The molecular weight excluding hydrogens is 260 g/mol. The van der Waals surface area contributed by atoms with Crippen molar-refractivity contribution < 1.29 is 4.79 Å². The number of rotatable bonds is 2. The summed E-state index contributed by atoms with van der Waals surface area (Å²) in [6.07, 6.45) is 7.01. The zero-order valence-electron chi connectivity index (χ0n) is 12.4. The van der Waals surface area contributed by atoms with Gasteiger partial charge in [-0.15, -0.1) is 0 Å². The third kappa shape index (κ3) is 3.26. The van der Waals surface area contributed by atoms with Crippen LogP contribution in [0.2, 0.25) is 0 Å². The molecule has 1 saturated heterocycles. The maximum absolute atomic E-state index is 12.5. The molecule has 21 heavy (non-hydrogen) atoms. The quantitative estimate of drug-likeness (QED) is 0.836. The Balaban J connectivity index is 1.59. The van der Waals surface area contributed by atoms with Gasteiger partial charge in [-0.3, -0.25) is 4.79 Å². The van der Waals surface area contributed by atoms with E-state index >= 15 is 0 Å². The van der Waals surface area contributed by atoms with Crippen LogP contribution in [-0.2, 0) is 11.2 Å². The number of hydrogen-bond acceptors (Lipinski definition) is 2. The minimum atomic E-state index is 0.240. The van der Waals surface area contributed by atoms with Crippen LogP contribution >= 0.6 is 0 Å². The number of carbonyl (C=O) groups excluding carboxylic acids is 1. The van der Waals surface area contributed by atoms with E-state index in [0.29, 0.717) is 12.0 Å². The molecule has 2 unspecified atom stereocenters. The number of carbonyl (C=O) groups is 1. The van der Waals surface area contributed by atoms with Crippen molar-refractivity contribution in [2.45, 2.75) is 38.5 Å². The van der Waals surface area contributed by atoms with Crippen LogP contribution in [0.3, 0.4) is 0 Å². The van der Waals surface area contributed by atoms with Gasteiger partial charge in [-0.1, -0.05) is 31.4 Å². The summed E-state index contributed by atoms with van der Waals surface area (Å²) in [5, 5.41) is 8.80. The Bertz CT molecular complexity index is 543. The van der Waals surface area contributed by atoms with Gasteiger partial charge in [-0.25, -0.2) is 0 Å². The largest absolute Gasteiger partial charge is 0.342 e. The zero-order chi connectivity index (χ0) is 14.7. The first-order chi connectivity index (χ1) is 10.3. The minimum Gasteiger partial charge on any atom is -0.342 e. The highest BCUT2D eigenvalue weighted by atomic mass is 16.2. The van der Waals surface area contributed by atoms with E-state index in [9.17, 15) is 4.79 Å². The molecule has 1 aliphatic heterocycles. The van der Waals surface area contributed by atoms with Crippen LogP contribution in [0.1, 0.15) is 43.2 Å². The van der Waals surface area contributed by atoms with Crippen molar-refractivity contribution in [1.82, 2.24) is 4.90 Å². The lowest BCUT2D eigenvalue weighted by atomic mass is 9.75. The molecule has 2 atom stereocenters. The molecule has 2 fully saturated rings. The van der Waals surface area contributed by atoms with Crippen LogP contribution in [0.25, 0.3) is 0 Å². The molecule has 0 N–H and O–H groups in total. The molecule has 1 heterocycles. The molecule has 110 valence electrons. The van der Waals surface area contributed by atoms with Crippen LogP contribution in [-0.4, -0.2) is 23.9 Å². The lowest BCUT2D eigenvalue weighted by Crippen LogP contribution is -2.45. The molecule has 3 nitrogen and oxygen atoms in total. The smallest absolute Gasteiger partial charge is 0.226 e. The summed E-state index contributed by atoms with van der Waals surface area (Å²) < 4.78 is 0. The number of nitriles is 1. The van der Waals surface area contributed by atoms with E-state index in [4.69, 9.17) is 5.26 Å². The van der Waals surface area contributed by atoms with Crippen LogP contribution in [0.5, 0.6) is 0 Å². The average Bonchev–Trinajstić information content (AvgIpc) is 2.55. The van der Waals surface area contributed by atoms with Crippen molar-refractivity contribution in [3.8, 4) is 6.07 Å². The van der Waals surface area contributed by atoms with Crippen molar-refractivity contribution in [2.75, 3.05) is 13.1 Å². The van der Waals surface area contributed by atoms with Gasteiger partial charge in [-0.2, -0.15) is 5.26 Å². The molecule has 0 bridgehead atoms. The van der Waals surface area contributed by atoms with Crippen molar-refractivity contribution in [3.63, 3.8) is 0 Å². The van der Waals surface area contributed by atoms with Gasteiger partial charge in [0.25, 0.3) is 0 Å². The predicted octanol–water partition coefficient (Wildman–Crippen LogP) is 3.14. The third-order valence-corrected chi connectivity index (χ3v) is 5.08. The topological polar surface area (TPSA) is 44.1 Å². The van der Waals surface area contributed by atoms with Gasteiger partial charge < -0.3 is 4.90 Å². The van der Waals surface area contributed by atoms with E-state index in [-0.39, 0.29) is 5.91 Å². The summed E-state index contributed by atoms with van der Waals surface area (Å²) in [5.74, 6) is 1.83. The molecule has 1 amide bonds. The first-order valence-electron chi connectivity index (χ1n) is 8.03. The Labute approximate surface area is 126 Å². The Morgan fingerprint density at radius 2 is 1.86 bits per heavy atom. The second-order valence-corrected chi connectivity index (χ2v) is 6.42. The fourth-order valence-corrected chi connectivity index (χ4v) is 3.81. The number of likely N-dealkylation sites (tertiary alicyclic amines) is 1. The third-order valence-electron chi connectivity index (χ3n) is 5.08. The Morgan fingerprint density at radius 1 is 1.14 bits per heavy atom. The molecule has 2 aliphatic rings. The Hall–Kier alpha value is -1.82. The van der Waals surface area contributed by atoms with E-state index in [1.807, 2.05) is 12.1 Å². The standard InChI is InChI=1S/C18H22N2O/c19-12-15-7-5-14(6-8-15)11-18(21)20-10-9-16-3-1-2-4-17(16)13-20/h5-8,16-17H,1-4,9-11,13H2. The maximum Gasteiger partial charge on any atom is 0.226 e. The molecule has 0 radical (unpaired) electrons. The molecule has 1 saturated carbocycles. The van der Waals surface area contributed by atoms with Crippen molar-refractivity contribution >= 4 is 5.91 Å². The van der Waals surface area contributed by atoms with E-state index in [1.165, 1.54) is 32.1 Å². The van der Waals surface area contributed by atoms with E-state index in [0.717, 1.165) is 30.5 Å². The second kappa shape index (κ2) is 6.30. The second-order valence-electron chi connectivity index (χ2n) is 6.42. The summed E-state index contributed by atoms with van der Waals surface area (Å²) in [4.78, 5) is 14.5. The molecule has 0 spiro atoms. The number of benzene rings is 1. The van der Waals surface area contributed by atoms with Gasteiger partial charge in [0.15, 0.2) is 0 Å². The van der Waals surface area contributed by atoms with Crippen LogP contribution in [0.4, 0.5) is 0 Å². The average molecular weight is 282 g/mol. The number of hydrogen-bond donors (Lipinski definition) is 0. The minimum absolute atomic E-state index is 0.240. The molecule has 0 aromatic heterocycles. The highest BCUT2D eigenvalue weighted by Gasteiger charge is 2.32. The van der Waals surface area contributed by atoms with Gasteiger partial charge in [-0.05, 0) is 42.4 Å². The summed E-state index contributed by atoms with van der Waals surface area (Å²) in [6.45, 7) is 1.88. The van der Waals surface area contributed by atoms with Gasteiger partial charge in [0.2, 0.25) is 5.91 Å². The summed E-state index contributed by atoms with van der Waals surface area (Å²) in [6, 6.07) is 9.47. The first kappa shape index (κ1) is 14.1. The number of fused-ring (bicyclic) bond motifs is 1. The summed E-state index contributed by atoms with van der Waals surface area (Å²) >= 11 is 0. The fraction of sp³-hybridized carbons (Fsp3) is 0.556. The number of piperidine rings is 1. The molecule has 3 rings (SSSR count). The zero-order valence-corrected chi connectivity index (χ0v) is 12.4. The molecule has 1 aromatic rings. The predicted molar refractivity (Wildman–Crippen MR) is 81.5 cm³/mol. The molecule has 1 aromatic carbocycles. The van der Waals surface area contributed by atoms with Gasteiger partial charge >= 0.3 is 0 Å². The van der Waals surface area contributed by atoms with E-state index < -0.39 is 0 Å². The fourth-order valence-electron chi connectivity index (χ4n) is 3.81. The van der Waals surface area contributed by atoms with E-state index in [2.05, 4.69) is 11.0 Å². The van der Waals surface area contributed by atoms with Crippen LogP contribution in [0, 0.1) is 23.2 Å². The summed E-state index contributed by atoms with van der Waals surface area (Å²) in [7, 11) is 0. The molecule has 1 aliphatic carbocycles. The Morgan fingerprint density at radius 3 is 2.57 bits per heavy atom. The highest BCUT2D eigenvalue weighted by Crippen LogP contribution is 2.36. The Kier molecular flexibility index (Phi) is 4.24. The van der Waals surface area contributed by atoms with Gasteiger partial charge in [0.1, 0.15) is 0 Å². The number of amides is 1. The maximum atomic E-state index is 12.5. The lowest BCUT2D eigenvalue weighted by molar-refractivity contribution is -0.133. The SMILES string of the molecule is N#Cc1ccc(CC(=O)N2CCC3CCCCC3C2)cc1. The monoisotopic (exact) mass is 282 g/mol. The van der Waals surface area contributed by atoms with Crippen LogP contribution < -0.4 is 0 Å². The van der Waals surface area contributed by atoms with Gasteiger partial charge in [0, 0.05) is 13.1 Å². The highest BCUT2D eigenvalue weighted by molar-refractivity contribution is 5.79. The van der Waals surface area contributed by atoms with Crippen molar-refractivity contribution in [2.24, 2.45) is 11.8 Å². The lowest BCUT2D eigenvalue weighted by Gasteiger charge is -2.41. The van der Waals surface area contributed by atoms with E-state index in [1.54, 1.807) is 12.1 Å².